The maximum atomic E-state index is 12.3. The summed E-state index contributed by atoms with van der Waals surface area (Å²) in [5.41, 5.74) is 5.04. The molecule has 1 rings (SSSR count). The zero-order valence-corrected chi connectivity index (χ0v) is 9.42. The number of rotatable bonds is 4. The van der Waals surface area contributed by atoms with E-state index in [0.29, 0.717) is 12.0 Å². The molecule has 1 atom stereocenters. The van der Waals surface area contributed by atoms with E-state index >= 15 is 0 Å². The molecule has 1 aromatic rings. The van der Waals surface area contributed by atoms with Gasteiger partial charge in [-0.15, -0.1) is 0 Å². The van der Waals surface area contributed by atoms with Crippen LogP contribution in [0.5, 0.6) is 0 Å². The highest BCUT2D eigenvalue weighted by Crippen LogP contribution is 2.29. The fourth-order valence-electron chi connectivity index (χ4n) is 1.35. The second-order valence-electron chi connectivity index (χ2n) is 4.01. The Labute approximate surface area is 97.6 Å². The van der Waals surface area contributed by atoms with Crippen molar-refractivity contribution in [2.24, 2.45) is 5.73 Å². The van der Waals surface area contributed by atoms with Gasteiger partial charge in [-0.05, 0) is 25.5 Å². The van der Waals surface area contributed by atoms with Crippen molar-refractivity contribution in [3.63, 3.8) is 0 Å². The van der Waals surface area contributed by atoms with Crippen molar-refractivity contribution in [1.29, 1.82) is 0 Å². The summed E-state index contributed by atoms with van der Waals surface area (Å²) in [6.45, 7) is 1.78. The lowest BCUT2D eigenvalue weighted by atomic mass is 10.0. The number of hydrogen-bond donors (Lipinski definition) is 1. The molecule has 0 saturated heterocycles. The minimum Gasteiger partial charge on any atom is -0.328 e. The van der Waals surface area contributed by atoms with Crippen molar-refractivity contribution in [1.82, 2.24) is 0 Å². The molecule has 0 amide bonds. The maximum absolute atomic E-state index is 12.3. The molecule has 0 radical (unpaired) electrons. The topological polar surface area (TPSA) is 43.1 Å². The van der Waals surface area contributed by atoms with Crippen LogP contribution in [0.25, 0.3) is 0 Å². The Morgan fingerprint density at radius 2 is 1.82 bits per heavy atom. The predicted octanol–water partition coefficient (Wildman–Crippen LogP) is 3.02. The van der Waals surface area contributed by atoms with Crippen LogP contribution in [0, 0.1) is 0 Å². The van der Waals surface area contributed by atoms with Gasteiger partial charge in [0, 0.05) is 18.0 Å². The number of alkyl halides is 3. The average Bonchev–Trinajstić information content (AvgIpc) is 2.25. The second-order valence-corrected chi connectivity index (χ2v) is 4.01. The van der Waals surface area contributed by atoms with Crippen LogP contribution >= 0.6 is 0 Å². The lowest BCUT2D eigenvalue weighted by Crippen LogP contribution is -2.16. The number of carbonyl (C=O) groups is 1. The smallest absolute Gasteiger partial charge is 0.328 e. The van der Waals surface area contributed by atoms with E-state index in [1.165, 1.54) is 12.1 Å². The predicted molar refractivity (Wildman–Crippen MR) is 58.7 cm³/mol. The van der Waals surface area contributed by atoms with Gasteiger partial charge in [0.15, 0.2) is 5.78 Å². The fraction of sp³-hybridized carbons (Fsp3) is 0.417. The Morgan fingerprint density at radius 3 is 2.24 bits per heavy atom. The molecule has 94 valence electrons. The molecule has 0 aliphatic heterocycles. The van der Waals surface area contributed by atoms with Crippen molar-refractivity contribution in [2.45, 2.75) is 32.0 Å². The molecule has 1 unspecified atom stereocenters. The van der Waals surface area contributed by atoms with E-state index in [1.54, 1.807) is 6.92 Å². The maximum Gasteiger partial charge on any atom is 0.416 e. The lowest BCUT2D eigenvalue weighted by Gasteiger charge is -2.07. The molecule has 0 aromatic heterocycles. The Balaban J connectivity index is 2.71. The van der Waals surface area contributed by atoms with Crippen LogP contribution in [-0.4, -0.2) is 11.8 Å². The van der Waals surface area contributed by atoms with Crippen LogP contribution in [0.15, 0.2) is 24.3 Å². The SMILES string of the molecule is CC(N)CCC(=O)c1ccc(C(F)(F)F)cc1. The summed E-state index contributed by atoms with van der Waals surface area (Å²) in [6.07, 6.45) is -3.59. The first kappa shape index (κ1) is 13.7. The van der Waals surface area contributed by atoms with Crippen molar-refractivity contribution in [2.75, 3.05) is 0 Å². The summed E-state index contributed by atoms with van der Waals surface area (Å²) in [5, 5.41) is 0. The highest BCUT2D eigenvalue weighted by Gasteiger charge is 2.30. The second kappa shape index (κ2) is 5.31. The van der Waals surface area contributed by atoms with Crippen LogP contribution in [0.2, 0.25) is 0 Å². The van der Waals surface area contributed by atoms with Crippen molar-refractivity contribution >= 4 is 5.78 Å². The molecule has 0 aliphatic carbocycles. The summed E-state index contributed by atoms with van der Waals surface area (Å²) < 4.78 is 36.8. The summed E-state index contributed by atoms with van der Waals surface area (Å²) in [4.78, 5) is 11.6. The monoisotopic (exact) mass is 245 g/mol. The molecule has 5 heteroatoms. The van der Waals surface area contributed by atoms with Gasteiger partial charge in [-0.1, -0.05) is 12.1 Å². The van der Waals surface area contributed by atoms with Gasteiger partial charge in [0.05, 0.1) is 5.56 Å². The third-order valence-electron chi connectivity index (χ3n) is 2.36. The fourth-order valence-corrected chi connectivity index (χ4v) is 1.35. The van der Waals surface area contributed by atoms with Crippen LogP contribution in [-0.2, 0) is 6.18 Å². The van der Waals surface area contributed by atoms with Gasteiger partial charge in [-0.3, -0.25) is 4.79 Å². The van der Waals surface area contributed by atoms with E-state index < -0.39 is 11.7 Å². The highest BCUT2D eigenvalue weighted by atomic mass is 19.4. The first-order valence-corrected chi connectivity index (χ1v) is 5.26. The standard InChI is InChI=1S/C12H14F3NO/c1-8(16)2-7-11(17)9-3-5-10(6-4-9)12(13,14)15/h3-6,8H,2,7,16H2,1H3. The van der Waals surface area contributed by atoms with Gasteiger partial charge in [-0.25, -0.2) is 0 Å². The Bertz CT molecular complexity index is 382. The number of ketones is 1. The van der Waals surface area contributed by atoms with Gasteiger partial charge in [-0.2, -0.15) is 13.2 Å². The van der Waals surface area contributed by atoms with Gasteiger partial charge in [0.1, 0.15) is 0 Å². The van der Waals surface area contributed by atoms with E-state index in [1.807, 2.05) is 0 Å². The summed E-state index contributed by atoms with van der Waals surface area (Å²) in [5.74, 6) is -0.184. The molecule has 0 spiro atoms. The third kappa shape index (κ3) is 4.19. The van der Waals surface area contributed by atoms with E-state index in [9.17, 15) is 18.0 Å². The summed E-state index contributed by atoms with van der Waals surface area (Å²) >= 11 is 0. The largest absolute Gasteiger partial charge is 0.416 e. The molecule has 0 fully saturated rings. The van der Waals surface area contributed by atoms with E-state index in [4.69, 9.17) is 5.73 Å². The normalized spacial score (nSPS) is 13.5. The molecule has 0 aliphatic rings. The van der Waals surface area contributed by atoms with E-state index in [0.717, 1.165) is 12.1 Å². The minimum atomic E-state index is -4.37. The van der Waals surface area contributed by atoms with Gasteiger partial charge >= 0.3 is 6.18 Å². The van der Waals surface area contributed by atoms with Gasteiger partial charge in [0.2, 0.25) is 0 Å². The lowest BCUT2D eigenvalue weighted by molar-refractivity contribution is -0.137. The van der Waals surface area contributed by atoms with Crippen LogP contribution in [0.1, 0.15) is 35.7 Å². The quantitative estimate of drug-likeness (QED) is 0.828. The number of nitrogens with two attached hydrogens (primary N) is 1. The number of carbonyl (C=O) groups excluding carboxylic acids is 1. The molecule has 17 heavy (non-hydrogen) atoms. The highest BCUT2D eigenvalue weighted by molar-refractivity contribution is 5.96. The van der Waals surface area contributed by atoms with Crippen LogP contribution in [0.4, 0.5) is 13.2 Å². The molecular weight excluding hydrogens is 231 g/mol. The molecule has 0 saturated carbocycles. The number of benzene rings is 1. The molecule has 2 N–H and O–H groups in total. The van der Waals surface area contributed by atoms with Crippen molar-refractivity contribution in [3.8, 4) is 0 Å². The van der Waals surface area contributed by atoms with Gasteiger partial charge < -0.3 is 5.73 Å². The zero-order chi connectivity index (χ0) is 13.1. The molecule has 0 bridgehead atoms. The molecule has 1 aromatic carbocycles. The number of hydrogen-bond acceptors (Lipinski definition) is 2. The summed E-state index contributed by atoms with van der Waals surface area (Å²) in [6, 6.07) is 4.14. The first-order chi connectivity index (χ1) is 7.80. The van der Waals surface area contributed by atoms with Crippen LogP contribution < -0.4 is 5.73 Å². The third-order valence-corrected chi connectivity index (χ3v) is 2.36. The van der Waals surface area contributed by atoms with Crippen LogP contribution in [0.3, 0.4) is 0 Å². The Morgan fingerprint density at radius 1 is 1.29 bits per heavy atom. The molecular formula is C12H14F3NO. The Kier molecular flexibility index (Phi) is 4.28. The minimum absolute atomic E-state index is 0.0894. The van der Waals surface area contributed by atoms with Crippen molar-refractivity contribution < 1.29 is 18.0 Å². The van der Waals surface area contributed by atoms with E-state index in [-0.39, 0.29) is 18.2 Å². The Hall–Kier alpha value is -1.36. The zero-order valence-electron chi connectivity index (χ0n) is 9.42. The summed E-state index contributed by atoms with van der Waals surface area (Å²) in [7, 11) is 0. The molecule has 2 nitrogen and oxygen atoms in total. The number of halogens is 3. The average molecular weight is 245 g/mol. The van der Waals surface area contributed by atoms with Gasteiger partial charge in [0.25, 0.3) is 0 Å². The van der Waals surface area contributed by atoms with Crippen molar-refractivity contribution in [3.05, 3.63) is 35.4 Å². The number of Topliss-reactive ketones (excluding diaryl/α,β-unsaturated/α-hetero) is 1. The van der Waals surface area contributed by atoms with E-state index in [2.05, 4.69) is 0 Å². The molecule has 0 heterocycles. The first-order valence-electron chi connectivity index (χ1n) is 5.26.